The summed E-state index contributed by atoms with van der Waals surface area (Å²) in [6.45, 7) is 6.37. The van der Waals surface area contributed by atoms with Gasteiger partial charge in [-0.15, -0.1) is 0 Å². The molecular weight excluding hydrogens is 866 g/mol. The fraction of sp³-hybridized carbons (Fsp3) is 0.400. The number of aryl methyl sites for hydroxylation is 1. The molecule has 0 bridgehead atoms. The Kier molecular flexibility index (Phi) is 10.8. The van der Waals surface area contributed by atoms with Crippen molar-refractivity contribution in [2.75, 3.05) is 17.6 Å². The number of sulfonamides is 1. The maximum Gasteiger partial charge on any atom is 0.293 e. The van der Waals surface area contributed by atoms with Crippen molar-refractivity contribution >= 4 is 63.4 Å². The predicted octanol–water partition coefficient (Wildman–Crippen LogP) is 8.65. The van der Waals surface area contributed by atoms with Crippen molar-refractivity contribution in [2.24, 2.45) is 13.0 Å². The van der Waals surface area contributed by atoms with Gasteiger partial charge in [0.2, 0.25) is 15.9 Å². The topological polar surface area (TPSA) is 138 Å². The van der Waals surface area contributed by atoms with Crippen LogP contribution >= 0.6 is 11.6 Å². The van der Waals surface area contributed by atoms with E-state index < -0.39 is 83.8 Å². The first-order valence-corrected chi connectivity index (χ1v) is 25.3. The van der Waals surface area contributed by atoms with E-state index >= 15 is 8.78 Å². The van der Waals surface area contributed by atoms with Crippen molar-refractivity contribution in [1.29, 1.82) is 0 Å². The lowest BCUT2D eigenvalue weighted by Crippen LogP contribution is -2.35. The molecule has 21 heteroatoms. The molecule has 324 valence electrons. The van der Waals surface area contributed by atoms with Crippen LogP contribution in [-0.4, -0.2) is 64.4 Å². The highest BCUT2D eigenvalue weighted by atomic mass is 35.5. The first-order valence-electron chi connectivity index (χ1n) is 19.3. The lowest BCUT2D eigenvalue weighted by molar-refractivity contribution is -0.123. The van der Waals surface area contributed by atoms with Gasteiger partial charge in [-0.2, -0.15) is 19.0 Å². The van der Waals surface area contributed by atoms with E-state index in [1.54, 1.807) is 36.0 Å². The lowest BCUT2D eigenvalue weighted by Gasteiger charge is -2.23. The Bertz CT molecular complexity index is 2820. The molecule has 1 fully saturated rings. The smallest absolute Gasteiger partial charge is 0.293 e. The molecule has 12 nitrogen and oxygen atoms in total. The second kappa shape index (κ2) is 15.5. The summed E-state index contributed by atoms with van der Waals surface area (Å²) in [5.41, 5.74) is -0.0130. The molecule has 1 amide bonds. The van der Waals surface area contributed by atoms with Crippen LogP contribution in [0, 0.1) is 17.6 Å². The van der Waals surface area contributed by atoms with Gasteiger partial charge in [0.05, 0.1) is 33.9 Å². The number of anilines is 1. The minimum Gasteiger partial charge on any atom is -0.361 e. The van der Waals surface area contributed by atoms with Gasteiger partial charge in [0.1, 0.15) is 41.9 Å². The van der Waals surface area contributed by atoms with Crippen LogP contribution < -0.4 is 10.0 Å². The molecule has 0 spiro atoms. The maximum absolute atomic E-state index is 15.5. The summed E-state index contributed by atoms with van der Waals surface area (Å²) < 4.78 is 126. The molecule has 2 N–H and O–H groups in total. The number of fused-ring (bicyclic) bond motifs is 5. The van der Waals surface area contributed by atoms with Gasteiger partial charge in [0.25, 0.3) is 12.3 Å². The summed E-state index contributed by atoms with van der Waals surface area (Å²) in [5, 5.41) is 12.0. The van der Waals surface area contributed by atoms with Crippen LogP contribution in [0.2, 0.25) is 30.7 Å². The minimum atomic E-state index is -3.83. The Balaban J connectivity index is 1.28. The second-order valence-corrected chi connectivity index (χ2v) is 24.7. The van der Waals surface area contributed by atoms with Crippen LogP contribution in [0.1, 0.15) is 53.0 Å². The predicted molar refractivity (Wildman–Crippen MR) is 220 cm³/mol. The number of pyridine rings is 1. The SMILES string of the molecule is Cn1nc(NS(C)(=O)=O)c2c(Cl)ccc(-c3cc4ccn(COCC[Si](C)(C)C)c4nc3C(Cc3cc(F)cc(F)c3)NC(=O)Cn3nc(C(F)F)c4c3C(F)(F)[C@@H]3C[C@H]43)c21. The van der Waals surface area contributed by atoms with Crippen LogP contribution in [0.15, 0.2) is 48.7 Å². The molecule has 8 rings (SSSR count). The summed E-state index contributed by atoms with van der Waals surface area (Å²) in [4.78, 5) is 19.2. The van der Waals surface area contributed by atoms with Crippen molar-refractivity contribution in [1.82, 2.24) is 34.4 Å². The molecule has 2 aliphatic rings. The van der Waals surface area contributed by atoms with Gasteiger partial charge in [-0.3, -0.25) is 18.9 Å². The van der Waals surface area contributed by atoms with Crippen LogP contribution in [0.4, 0.5) is 32.2 Å². The summed E-state index contributed by atoms with van der Waals surface area (Å²) in [6, 6.07) is 9.19. The van der Waals surface area contributed by atoms with Gasteiger partial charge >= 0.3 is 0 Å². The highest BCUT2D eigenvalue weighted by molar-refractivity contribution is 7.92. The zero-order chi connectivity index (χ0) is 43.9. The number of aromatic nitrogens is 6. The van der Waals surface area contributed by atoms with Gasteiger partial charge in [-0.05, 0) is 60.7 Å². The number of ether oxygens (including phenoxy) is 1. The zero-order valence-corrected chi connectivity index (χ0v) is 36.1. The molecule has 2 aromatic carbocycles. The van der Waals surface area contributed by atoms with Crippen molar-refractivity contribution in [3.63, 3.8) is 0 Å². The van der Waals surface area contributed by atoms with Gasteiger partial charge in [0.15, 0.2) is 5.82 Å². The third kappa shape index (κ3) is 8.38. The molecule has 0 radical (unpaired) electrons. The van der Waals surface area contributed by atoms with Crippen LogP contribution in [-0.2, 0) is 52.2 Å². The van der Waals surface area contributed by atoms with Crippen molar-refractivity contribution < 1.29 is 44.3 Å². The summed E-state index contributed by atoms with van der Waals surface area (Å²) >= 11 is 6.67. The molecule has 6 aromatic rings. The molecule has 1 saturated carbocycles. The average molecular weight is 907 g/mol. The van der Waals surface area contributed by atoms with E-state index in [1.807, 2.05) is 0 Å². The Hall–Kier alpha value is -4.92. The van der Waals surface area contributed by atoms with Crippen LogP contribution in [0.5, 0.6) is 0 Å². The number of amides is 1. The maximum atomic E-state index is 15.5. The van der Waals surface area contributed by atoms with Gasteiger partial charge < -0.3 is 14.6 Å². The Morgan fingerprint density at radius 2 is 1.77 bits per heavy atom. The molecule has 61 heavy (non-hydrogen) atoms. The average Bonchev–Trinajstić information content (AvgIpc) is 3.43. The van der Waals surface area contributed by atoms with E-state index in [1.165, 1.54) is 10.7 Å². The fourth-order valence-electron chi connectivity index (χ4n) is 8.23. The number of hydrogen-bond acceptors (Lipinski definition) is 7. The second-order valence-electron chi connectivity index (χ2n) is 16.9. The Morgan fingerprint density at radius 1 is 1.05 bits per heavy atom. The van der Waals surface area contributed by atoms with E-state index in [9.17, 15) is 30.8 Å². The lowest BCUT2D eigenvalue weighted by atomic mass is 9.93. The molecule has 3 atom stereocenters. The number of rotatable bonds is 15. The third-order valence-corrected chi connectivity index (χ3v) is 13.6. The molecule has 0 saturated heterocycles. The summed E-state index contributed by atoms with van der Waals surface area (Å²) in [5.74, 6) is -8.23. The molecule has 1 unspecified atom stereocenters. The van der Waals surface area contributed by atoms with Crippen molar-refractivity contribution in [3.05, 3.63) is 93.5 Å². The van der Waals surface area contributed by atoms with E-state index in [0.29, 0.717) is 45.0 Å². The molecule has 4 aromatic heterocycles. The minimum absolute atomic E-state index is 0.0341. The third-order valence-electron chi connectivity index (χ3n) is 11.0. The number of hydrogen-bond donors (Lipinski definition) is 2. The van der Waals surface area contributed by atoms with Crippen LogP contribution in [0.3, 0.4) is 0 Å². The standard InChI is InChI=1S/C40H41ClF6N8O4SSi/c1-53-35-24(6-7-28(41)32(35)38(51-53)52-60(2,57)58)25-15-21-8-9-54(19-59-10-11-61(3,4)5)39(21)49-33(25)29(14-20-12-22(42)16-23(43)13-20)48-30(56)18-55-36-31(34(50-55)37(44)45)26-17-27(26)40(36,46)47/h6-9,12-13,15-16,26-27,29,37H,10-11,14,17-19H2,1-5H3,(H,48,56)(H,51,52)/t26-,27+,29?/m0/s1. The normalized spacial score (nSPS) is 17.6. The number of nitrogens with one attached hydrogen (secondary N) is 2. The highest BCUT2D eigenvalue weighted by Crippen LogP contribution is 2.68. The Morgan fingerprint density at radius 3 is 2.44 bits per heavy atom. The largest absolute Gasteiger partial charge is 0.361 e. The van der Waals surface area contributed by atoms with E-state index in [2.05, 4.69) is 39.9 Å². The van der Waals surface area contributed by atoms with Gasteiger partial charge in [-0.25, -0.2) is 31.0 Å². The number of carbonyl (C=O) groups is 1. The van der Waals surface area contributed by atoms with E-state index in [0.717, 1.165) is 24.4 Å². The zero-order valence-electron chi connectivity index (χ0n) is 33.5. The number of benzene rings is 2. The number of alkyl halides is 4. The number of nitrogens with zero attached hydrogens (tertiary/aromatic N) is 6. The molecule has 4 heterocycles. The summed E-state index contributed by atoms with van der Waals surface area (Å²) in [7, 11) is -3.69. The molecule has 0 aliphatic heterocycles. The Labute approximate surface area is 352 Å². The molecular formula is C40H41ClF6N8O4SSi. The van der Waals surface area contributed by atoms with Gasteiger partial charge in [0, 0.05) is 62.0 Å². The first kappa shape index (κ1) is 42.8. The van der Waals surface area contributed by atoms with Crippen molar-refractivity contribution in [2.45, 2.75) is 76.1 Å². The number of carbonyl (C=O) groups excluding carboxylic acids is 1. The highest BCUT2D eigenvalue weighted by Gasteiger charge is 2.67. The van der Waals surface area contributed by atoms with Gasteiger partial charge in [-0.1, -0.05) is 37.3 Å². The van der Waals surface area contributed by atoms with E-state index in [4.69, 9.17) is 21.3 Å². The monoisotopic (exact) mass is 906 g/mol. The number of halogens is 7. The molecule has 2 aliphatic carbocycles. The van der Waals surface area contributed by atoms with Crippen LogP contribution in [0.25, 0.3) is 33.1 Å². The summed E-state index contributed by atoms with van der Waals surface area (Å²) in [6.07, 6.45) is -0.698. The quantitative estimate of drug-likeness (QED) is 0.0598. The fourth-order valence-corrected chi connectivity index (χ4v) is 9.72. The van der Waals surface area contributed by atoms with E-state index in [-0.39, 0.29) is 52.6 Å². The first-order chi connectivity index (χ1) is 28.6. The van der Waals surface area contributed by atoms with Crippen molar-refractivity contribution in [3.8, 4) is 11.1 Å².